The summed E-state index contributed by atoms with van der Waals surface area (Å²) in [6, 6.07) is 14.7. The summed E-state index contributed by atoms with van der Waals surface area (Å²) in [6.45, 7) is 0.462. The van der Waals surface area contributed by atoms with Crippen molar-refractivity contribution in [1.29, 1.82) is 0 Å². The van der Waals surface area contributed by atoms with Gasteiger partial charge in [0, 0.05) is 13.6 Å². The predicted octanol–water partition coefficient (Wildman–Crippen LogP) is 2.80. The number of hydrogen-bond acceptors (Lipinski definition) is 2. The van der Waals surface area contributed by atoms with Gasteiger partial charge in [0.15, 0.2) is 0 Å². The smallest absolute Gasteiger partial charge is 0.125 e. The molecule has 1 aromatic heterocycles. The van der Waals surface area contributed by atoms with Crippen molar-refractivity contribution in [1.82, 2.24) is 9.55 Å². The molecule has 3 nitrogen and oxygen atoms in total. The van der Waals surface area contributed by atoms with E-state index in [4.69, 9.17) is 5.73 Å². The SMILES string of the molecule is Cn1c(C(CN)c2ccccc2)nc2ccc(F)cc21. The molecule has 0 bridgehead atoms. The minimum absolute atomic E-state index is 0.0108. The van der Waals surface area contributed by atoms with Crippen LogP contribution in [0, 0.1) is 5.82 Å². The molecule has 1 heterocycles. The lowest BCUT2D eigenvalue weighted by atomic mass is 9.98. The maximum Gasteiger partial charge on any atom is 0.125 e. The summed E-state index contributed by atoms with van der Waals surface area (Å²) in [7, 11) is 1.90. The summed E-state index contributed by atoms with van der Waals surface area (Å²) >= 11 is 0. The van der Waals surface area contributed by atoms with Crippen molar-refractivity contribution in [2.24, 2.45) is 12.8 Å². The van der Waals surface area contributed by atoms with Gasteiger partial charge in [0.05, 0.1) is 17.0 Å². The molecule has 0 spiro atoms. The van der Waals surface area contributed by atoms with Gasteiger partial charge < -0.3 is 10.3 Å². The third kappa shape index (κ3) is 2.08. The molecule has 1 atom stereocenters. The van der Waals surface area contributed by atoms with Crippen LogP contribution in [0.25, 0.3) is 11.0 Å². The van der Waals surface area contributed by atoms with Crippen molar-refractivity contribution in [3.63, 3.8) is 0 Å². The summed E-state index contributed by atoms with van der Waals surface area (Å²) in [5, 5.41) is 0. The first-order valence-electron chi connectivity index (χ1n) is 6.57. The van der Waals surface area contributed by atoms with E-state index >= 15 is 0 Å². The van der Waals surface area contributed by atoms with Gasteiger partial charge in [-0.15, -0.1) is 0 Å². The zero-order valence-corrected chi connectivity index (χ0v) is 11.3. The van der Waals surface area contributed by atoms with Crippen LogP contribution in [-0.4, -0.2) is 16.1 Å². The fourth-order valence-electron chi connectivity index (χ4n) is 2.57. The summed E-state index contributed by atoms with van der Waals surface area (Å²) in [6.07, 6.45) is 0. The molecule has 1 unspecified atom stereocenters. The van der Waals surface area contributed by atoms with Crippen LogP contribution >= 0.6 is 0 Å². The molecule has 3 rings (SSSR count). The Bertz CT molecular complexity index is 734. The Balaban J connectivity index is 2.15. The maximum atomic E-state index is 13.4. The van der Waals surface area contributed by atoms with Crippen molar-refractivity contribution >= 4 is 11.0 Å². The number of rotatable bonds is 3. The molecule has 4 heteroatoms. The quantitative estimate of drug-likeness (QED) is 0.794. The second-order valence-electron chi connectivity index (χ2n) is 4.86. The molecule has 20 heavy (non-hydrogen) atoms. The highest BCUT2D eigenvalue weighted by molar-refractivity contribution is 5.76. The highest BCUT2D eigenvalue weighted by Crippen LogP contribution is 2.26. The first kappa shape index (κ1) is 12.8. The third-order valence-electron chi connectivity index (χ3n) is 3.63. The number of aromatic nitrogens is 2. The topological polar surface area (TPSA) is 43.8 Å². The van der Waals surface area contributed by atoms with Crippen molar-refractivity contribution < 1.29 is 4.39 Å². The Labute approximate surface area is 116 Å². The van der Waals surface area contributed by atoms with Gasteiger partial charge >= 0.3 is 0 Å². The molecule has 0 radical (unpaired) electrons. The second kappa shape index (κ2) is 5.06. The molecule has 3 aromatic rings. The zero-order chi connectivity index (χ0) is 14.1. The van der Waals surface area contributed by atoms with E-state index in [2.05, 4.69) is 4.98 Å². The van der Waals surface area contributed by atoms with Gasteiger partial charge in [-0.05, 0) is 23.8 Å². The average molecular weight is 269 g/mol. The lowest BCUT2D eigenvalue weighted by molar-refractivity contribution is 0.628. The number of halogens is 1. The Hall–Kier alpha value is -2.20. The van der Waals surface area contributed by atoms with E-state index in [1.807, 2.05) is 41.9 Å². The van der Waals surface area contributed by atoms with Crippen LogP contribution in [0.1, 0.15) is 17.3 Å². The van der Waals surface area contributed by atoms with E-state index in [1.54, 1.807) is 6.07 Å². The third-order valence-corrected chi connectivity index (χ3v) is 3.63. The number of benzene rings is 2. The van der Waals surface area contributed by atoms with E-state index < -0.39 is 0 Å². The molecular weight excluding hydrogens is 253 g/mol. The largest absolute Gasteiger partial charge is 0.330 e. The Morgan fingerprint density at radius 3 is 2.65 bits per heavy atom. The Morgan fingerprint density at radius 1 is 1.20 bits per heavy atom. The van der Waals surface area contributed by atoms with Crippen LogP contribution < -0.4 is 5.73 Å². The van der Waals surface area contributed by atoms with Gasteiger partial charge in [-0.25, -0.2) is 9.37 Å². The van der Waals surface area contributed by atoms with Gasteiger partial charge in [0.25, 0.3) is 0 Å². The van der Waals surface area contributed by atoms with E-state index in [9.17, 15) is 4.39 Å². The summed E-state index contributed by atoms with van der Waals surface area (Å²) in [5.41, 5.74) is 8.63. The van der Waals surface area contributed by atoms with Crippen LogP contribution in [0.4, 0.5) is 4.39 Å². The highest BCUT2D eigenvalue weighted by atomic mass is 19.1. The molecule has 2 N–H and O–H groups in total. The van der Waals surface area contributed by atoms with Gasteiger partial charge in [0.1, 0.15) is 11.6 Å². The standard InChI is InChI=1S/C16H16FN3/c1-20-15-9-12(17)7-8-14(15)19-16(20)13(10-18)11-5-3-2-4-6-11/h2-9,13H,10,18H2,1H3. The Kier molecular flexibility index (Phi) is 3.24. The molecule has 0 fully saturated rings. The molecule has 102 valence electrons. The average Bonchev–Trinajstić information content (AvgIpc) is 2.78. The second-order valence-corrected chi connectivity index (χ2v) is 4.86. The summed E-state index contributed by atoms with van der Waals surface area (Å²) in [5.74, 6) is 0.618. The number of hydrogen-bond donors (Lipinski definition) is 1. The van der Waals surface area contributed by atoms with Crippen molar-refractivity contribution in [2.45, 2.75) is 5.92 Å². The number of fused-ring (bicyclic) bond motifs is 1. The van der Waals surface area contributed by atoms with E-state index in [-0.39, 0.29) is 11.7 Å². The maximum absolute atomic E-state index is 13.4. The number of aryl methyl sites for hydroxylation is 1. The molecule has 0 aliphatic rings. The van der Waals surface area contributed by atoms with E-state index in [0.29, 0.717) is 6.54 Å². The first-order chi connectivity index (χ1) is 9.70. The predicted molar refractivity (Wildman–Crippen MR) is 78.0 cm³/mol. The molecule has 0 aliphatic heterocycles. The molecule has 0 saturated carbocycles. The zero-order valence-electron chi connectivity index (χ0n) is 11.3. The number of imidazole rings is 1. The van der Waals surface area contributed by atoms with Crippen LogP contribution in [-0.2, 0) is 7.05 Å². The fourth-order valence-corrected chi connectivity index (χ4v) is 2.57. The number of nitrogens with two attached hydrogens (primary N) is 1. The van der Waals surface area contributed by atoms with Crippen molar-refractivity contribution in [3.05, 3.63) is 65.7 Å². The van der Waals surface area contributed by atoms with E-state index in [0.717, 1.165) is 22.4 Å². The van der Waals surface area contributed by atoms with Crippen LogP contribution in [0.5, 0.6) is 0 Å². The minimum atomic E-state index is -0.254. The molecule has 2 aromatic carbocycles. The molecule has 0 aliphatic carbocycles. The van der Waals surface area contributed by atoms with Crippen LogP contribution in [0.3, 0.4) is 0 Å². The lowest BCUT2D eigenvalue weighted by Gasteiger charge is -2.15. The van der Waals surface area contributed by atoms with Crippen LogP contribution in [0.2, 0.25) is 0 Å². The van der Waals surface area contributed by atoms with Crippen LogP contribution in [0.15, 0.2) is 48.5 Å². The molecular formula is C16H16FN3. The van der Waals surface area contributed by atoms with Gasteiger partial charge in [-0.2, -0.15) is 0 Å². The Morgan fingerprint density at radius 2 is 1.95 bits per heavy atom. The minimum Gasteiger partial charge on any atom is -0.330 e. The first-order valence-corrected chi connectivity index (χ1v) is 6.57. The molecule has 0 amide bonds. The van der Waals surface area contributed by atoms with Crippen molar-refractivity contribution in [2.75, 3.05) is 6.54 Å². The highest BCUT2D eigenvalue weighted by Gasteiger charge is 2.19. The summed E-state index contributed by atoms with van der Waals surface area (Å²) in [4.78, 5) is 4.62. The summed E-state index contributed by atoms with van der Waals surface area (Å²) < 4.78 is 15.3. The van der Waals surface area contributed by atoms with Crippen molar-refractivity contribution in [3.8, 4) is 0 Å². The van der Waals surface area contributed by atoms with E-state index in [1.165, 1.54) is 12.1 Å². The van der Waals surface area contributed by atoms with Gasteiger partial charge in [-0.1, -0.05) is 30.3 Å². The number of nitrogens with zero attached hydrogens (tertiary/aromatic N) is 2. The fraction of sp³-hybridized carbons (Fsp3) is 0.188. The van der Waals surface area contributed by atoms with Gasteiger partial charge in [0.2, 0.25) is 0 Å². The monoisotopic (exact) mass is 269 g/mol. The molecule has 0 saturated heterocycles. The normalized spacial score (nSPS) is 12.8. The lowest BCUT2D eigenvalue weighted by Crippen LogP contribution is -2.17. The van der Waals surface area contributed by atoms with Gasteiger partial charge in [-0.3, -0.25) is 0 Å².